The molecule has 1 saturated carbocycles. The predicted octanol–water partition coefficient (Wildman–Crippen LogP) is 5.85. The Morgan fingerprint density at radius 3 is 2.67 bits per heavy atom. The fourth-order valence-electron chi connectivity index (χ4n) is 5.58. The van der Waals surface area contributed by atoms with Gasteiger partial charge in [0.05, 0.1) is 11.5 Å². The minimum atomic E-state index is 0.141. The molecule has 0 saturated heterocycles. The molecule has 1 heterocycles. The summed E-state index contributed by atoms with van der Waals surface area (Å²) in [5.41, 5.74) is 8.00. The van der Waals surface area contributed by atoms with Gasteiger partial charge in [0.15, 0.2) is 5.78 Å². The van der Waals surface area contributed by atoms with Gasteiger partial charge in [0, 0.05) is 24.3 Å². The van der Waals surface area contributed by atoms with Crippen LogP contribution in [0.2, 0.25) is 0 Å². The van der Waals surface area contributed by atoms with E-state index in [-0.39, 0.29) is 6.61 Å². The summed E-state index contributed by atoms with van der Waals surface area (Å²) in [6.45, 7) is 13.9. The number of thiophene rings is 1. The number of Topliss-reactive ketones (excluding diaryl/α,β-unsaturated/α-hetero) is 1. The van der Waals surface area contributed by atoms with Gasteiger partial charge in [-0.15, -0.1) is 11.3 Å². The van der Waals surface area contributed by atoms with Gasteiger partial charge >= 0.3 is 0 Å². The quantitative estimate of drug-likeness (QED) is 0.425. The lowest BCUT2D eigenvalue weighted by Gasteiger charge is -2.17. The van der Waals surface area contributed by atoms with Crippen LogP contribution in [0.1, 0.15) is 80.5 Å². The van der Waals surface area contributed by atoms with Crippen LogP contribution in [0, 0.1) is 39.0 Å². The van der Waals surface area contributed by atoms with Crippen molar-refractivity contribution in [2.45, 2.75) is 73.1 Å². The Hall–Kier alpha value is -1.65. The third-order valence-electron chi connectivity index (χ3n) is 7.58. The number of hydrogen-bond donors (Lipinski definition) is 1. The Kier molecular flexibility index (Phi) is 5.61. The molecule has 0 amide bonds. The average Bonchev–Trinajstić information content (AvgIpc) is 3.03. The van der Waals surface area contributed by atoms with Crippen molar-refractivity contribution in [3.63, 3.8) is 0 Å². The van der Waals surface area contributed by atoms with Crippen molar-refractivity contribution in [2.24, 2.45) is 11.3 Å². The van der Waals surface area contributed by atoms with E-state index in [0.717, 1.165) is 40.5 Å². The third-order valence-corrected chi connectivity index (χ3v) is 8.78. The molecule has 0 aliphatic heterocycles. The molecule has 0 spiro atoms. The van der Waals surface area contributed by atoms with Crippen LogP contribution in [0.25, 0.3) is 0 Å². The van der Waals surface area contributed by atoms with Gasteiger partial charge in [0.2, 0.25) is 0 Å². The largest absolute Gasteiger partial charge is 0.493 e. The molecule has 3 nitrogen and oxygen atoms in total. The highest BCUT2D eigenvalue weighted by Crippen LogP contribution is 2.71. The first-order valence-electron chi connectivity index (χ1n) is 11.2. The van der Waals surface area contributed by atoms with Gasteiger partial charge < -0.3 is 9.84 Å². The summed E-state index contributed by atoms with van der Waals surface area (Å²) in [7, 11) is 0. The second kappa shape index (κ2) is 7.80. The number of ether oxygens (including phenoxy) is 1. The van der Waals surface area contributed by atoms with E-state index in [1.807, 2.05) is 0 Å². The smallest absolute Gasteiger partial charge is 0.173 e. The fraction of sp³-hybridized carbons (Fsp3) is 0.577. The average molecular weight is 427 g/mol. The Bertz CT molecular complexity index is 998. The van der Waals surface area contributed by atoms with E-state index in [4.69, 9.17) is 9.84 Å². The molecule has 1 N–H and O–H groups in total. The number of carbonyl (C=O) groups is 1. The maximum atomic E-state index is 13.2. The molecule has 0 unspecified atom stereocenters. The van der Waals surface area contributed by atoms with Crippen LogP contribution >= 0.6 is 11.3 Å². The van der Waals surface area contributed by atoms with Crippen molar-refractivity contribution in [3.8, 4) is 5.75 Å². The van der Waals surface area contributed by atoms with Crippen LogP contribution < -0.4 is 4.74 Å². The lowest BCUT2D eigenvalue weighted by atomic mass is 9.92. The molecule has 2 aromatic rings. The van der Waals surface area contributed by atoms with Crippen LogP contribution in [0.15, 0.2) is 6.07 Å². The summed E-state index contributed by atoms with van der Waals surface area (Å²) >= 11 is 1.73. The predicted molar refractivity (Wildman–Crippen MR) is 123 cm³/mol. The van der Waals surface area contributed by atoms with Crippen LogP contribution in [-0.4, -0.2) is 24.1 Å². The van der Waals surface area contributed by atoms with Crippen LogP contribution in [0.4, 0.5) is 0 Å². The van der Waals surface area contributed by atoms with Crippen molar-refractivity contribution in [1.82, 2.24) is 0 Å². The molecule has 4 rings (SSSR count). The molecule has 162 valence electrons. The molecule has 2 aliphatic carbocycles. The molecular weight excluding hydrogens is 392 g/mol. The molecule has 1 fully saturated rings. The number of carbonyl (C=O) groups excluding carboxylic acids is 1. The van der Waals surface area contributed by atoms with Gasteiger partial charge in [-0.1, -0.05) is 19.9 Å². The zero-order valence-corrected chi connectivity index (χ0v) is 20.0. The Labute approximate surface area is 184 Å². The number of aliphatic hydroxyl groups is 1. The summed E-state index contributed by atoms with van der Waals surface area (Å²) in [5.74, 6) is 2.65. The van der Waals surface area contributed by atoms with Gasteiger partial charge in [0.25, 0.3) is 0 Å². The highest BCUT2D eigenvalue weighted by Gasteiger charge is 2.63. The lowest BCUT2D eigenvalue weighted by Crippen LogP contribution is -2.08. The zero-order chi connectivity index (χ0) is 21.8. The van der Waals surface area contributed by atoms with Gasteiger partial charge in [-0.05, 0) is 91.2 Å². The molecule has 0 bridgehead atoms. The minimum absolute atomic E-state index is 0.141. The topological polar surface area (TPSA) is 46.5 Å². The SMILES string of the molecule is Cc1cc(CCC(=O)c2sc(C)c3c2C[C@@H]2[C@H]3C2(C)C)c(C)c(C)c1OCCCO. The number of aliphatic hydroxyl groups excluding tert-OH is 1. The molecule has 1 aromatic heterocycles. The van der Waals surface area contributed by atoms with E-state index in [2.05, 4.69) is 47.6 Å². The molecule has 1 aromatic carbocycles. The molecule has 30 heavy (non-hydrogen) atoms. The molecule has 0 radical (unpaired) electrons. The lowest BCUT2D eigenvalue weighted by molar-refractivity contribution is 0.0985. The maximum absolute atomic E-state index is 13.2. The number of hydrogen-bond acceptors (Lipinski definition) is 4. The van der Waals surface area contributed by atoms with Crippen molar-refractivity contribution >= 4 is 17.1 Å². The minimum Gasteiger partial charge on any atom is -0.493 e. The van der Waals surface area contributed by atoms with Crippen LogP contribution in [0.5, 0.6) is 5.75 Å². The van der Waals surface area contributed by atoms with Gasteiger partial charge in [0.1, 0.15) is 5.75 Å². The number of aryl methyl sites for hydroxylation is 3. The Morgan fingerprint density at radius 2 is 1.97 bits per heavy atom. The summed E-state index contributed by atoms with van der Waals surface area (Å²) in [6.07, 6.45) is 3.07. The number of rotatable bonds is 8. The van der Waals surface area contributed by atoms with E-state index >= 15 is 0 Å². The molecule has 4 heteroatoms. The standard InChI is InChI=1S/C26H34O3S/c1-14-12-18(15(2)16(3)24(14)29-11-7-10-27)8-9-21(28)25-19-13-20-23(26(20,5)6)22(19)17(4)30-25/h12,20,23,27H,7-11,13H2,1-6H3/t20-,23-/m1/s1. The molecule has 2 atom stereocenters. The van der Waals surface area contributed by atoms with E-state index < -0.39 is 0 Å². The zero-order valence-electron chi connectivity index (χ0n) is 19.1. The van der Waals surface area contributed by atoms with Crippen molar-refractivity contribution in [2.75, 3.05) is 13.2 Å². The third kappa shape index (κ3) is 3.42. The summed E-state index contributed by atoms with van der Waals surface area (Å²) < 4.78 is 5.90. The molecule has 2 aliphatic rings. The van der Waals surface area contributed by atoms with Crippen molar-refractivity contribution in [1.29, 1.82) is 0 Å². The maximum Gasteiger partial charge on any atom is 0.173 e. The summed E-state index contributed by atoms with van der Waals surface area (Å²) in [6, 6.07) is 2.17. The summed E-state index contributed by atoms with van der Waals surface area (Å²) in [4.78, 5) is 15.5. The first kappa shape index (κ1) is 21.6. The monoisotopic (exact) mass is 426 g/mol. The van der Waals surface area contributed by atoms with Gasteiger partial charge in [-0.2, -0.15) is 0 Å². The first-order chi connectivity index (χ1) is 14.2. The van der Waals surface area contributed by atoms with E-state index in [0.29, 0.717) is 36.6 Å². The highest BCUT2D eigenvalue weighted by atomic mass is 32.1. The van der Waals surface area contributed by atoms with E-state index in [9.17, 15) is 4.79 Å². The number of benzene rings is 1. The van der Waals surface area contributed by atoms with E-state index in [1.165, 1.54) is 27.1 Å². The van der Waals surface area contributed by atoms with Gasteiger partial charge in [-0.3, -0.25) is 4.79 Å². The normalized spacial score (nSPS) is 20.8. The van der Waals surface area contributed by atoms with Crippen molar-refractivity contribution < 1.29 is 14.6 Å². The Morgan fingerprint density at radius 1 is 1.23 bits per heavy atom. The van der Waals surface area contributed by atoms with Crippen LogP contribution in [-0.2, 0) is 12.8 Å². The first-order valence-corrected chi connectivity index (χ1v) is 12.0. The second-order valence-corrected chi connectivity index (χ2v) is 11.0. The molecular formula is C26H34O3S. The number of fused-ring (bicyclic) bond motifs is 3. The summed E-state index contributed by atoms with van der Waals surface area (Å²) in [5, 5.41) is 8.99. The van der Waals surface area contributed by atoms with Crippen molar-refractivity contribution in [3.05, 3.63) is 49.2 Å². The Balaban J connectivity index is 1.48. The second-order valence-electron chi connectivity index (χ2n) is 9.77. The van der Waals surface area contributed by atoms with Crippen LogP contribution in [0.3, 0.4) is 0 Å². The highest BCUT2D eigenvalue weighted by molar-refractivity contribution is 7.14. The number of ketones is 1. The van der Waals surface area contributed by atoms with E-state index in [1.54, 1.807) is 11.3 Å². The van der Waals surface area contributed by atoms with Gasteiger partial charge in [-0.25, -0.2) is 0 Å². The fourth-order valence-corrected chi connectivity index (χ4v) is 6.78.